The molecule has 3 aromatic rings. The highest BCUT2D eigenvalue weighted by atomic mass is 16.7. The van der Waals surface area contributed by atoms with E-state index in [0.29, 0.717) is 6.54 Å². The van der Waals surface area contributed by atoms with Gasteiger partial charge in [-0.05, 0) is 37.1 Å². The van der Waals surface area contributed by atoms with Crippen molar-refractivity contribution in [2.24, 2.45) is 0 Å². The average Bonchev–Trinajstić information content (AvgIpc) is 3.25. The predicted octanol–water partition coefficient (Wildman–Crippen LogP) is 3.36. The first kappa shape index (κ1) is 15.6. The molecule has 0 fully saturated rings. The highest BCUT2D eigenvalue weighted by Gasteiger charge is 2.15. The number of aromatic nitrogens is 1. The number of aryl methyl sites for hydroxylation is 1. The molecule has 0 radical (unpaired) electrons. The largest absolute Gasteiger partial charge is 0.454 e. The molecule has 0 bridgehead atoms. The van der Waals surface area contributed by atoms with E-state index in [0.717, 1.165) is 46.5 Å². The third-order valence-electron chi connectivity index (χ3n) is 4.51. The van der Waals surface area contributed by atoms with Crippen LogP contribution >= 0.6 is 0 Å². The number of nitrogens with one attached hydrogen (secondary N) is 1. The van der Waals surface area contributed by atoms with Crippen LogP contribution in [0.4, 0.5) is 0 Å². The van der Waals surface area contributed by atoms with E-state index in [9.17, 15) is 4.79 Å². The number of para-hydroxylation sites is 1. The lowest BCUT2D eigenvalue weighted by atomic mass is 10.1. The highest BCUT2D eigenvalue weighted by molar-refractivity contribution is 6.07. The second kappa shape index (κ2) is 6.51. The highest BCUT2D eigenvalue weighted by Crippen LogP contribution is 2.32. The molecule has 0 aliphatic carbocycles. The fraction of sp³-hybridized carbons (Fsp3) is 0.250. The fourth-order valence-corrected chi connectivity index (χ4v) is 3.20. The van der Waals surface area contributed by atoms with Crippen molar-refractivity contribution in [2.75, 3.05) is 13.3 Å². The maximum absolute atomic E-state index is 12.6. The Balaban J connectivity index is 1.44. The van der Waals surface area contributed by atoms with Crippen LogP contribution in [0.15, 0.2) is 48.7 Å². The fourth-order valence-electron chi connectivity index (χ4n) is 3.20. The van der Waals surface area contributed by atoms with Gasteiger partial charge in [-0.2, -0.15) is 0 Å². The molecule has 1 amide bonds. The van der Waals surface area contributed by atoms with Gasteiger partial charge >= 0.3 is 0 Å². The molecule has 0 saturated carbocycles. The number of rotatable bonds is 5. The van der Waals surface area contributed by atoms with Crippen LogP contribution in [0.1, 0.15) is 22.8 Å². The van der Waals surface area contributed by atoms with Crippen molar-refractivity contribution in [1.29, 1.82) is 0 Å². The van der Waals surface area contributed by atoms with Gasteiger partial charge in [0.2, 0.25) is 6.79 Å². The summed E-state index contributed by atoms with van der Waals surface area (Å²) in [5.41, 5.74) is 2.93. The van der Waals surface area contributed by atoms with E-state index >= 15 is 0 Å². The van der Waals surface area contributed by atoms with Crippen LogP contribution in [0.3, 0.4) is 0 Å². The van der Waals surface area contributed by atoms with Crippen molar-refractivity contribution >= 4 is 16.8 Å². The Kier molecular flexibility index (Phi) is 4.06. The van der Waals surface area contributed by atoms with Crippen LogP contribution in [0, 0.1) is 0 Å². The summed E-state index contributed by atoms with van der Waals surface area (Å²) in [6, 6.07) is 13.9. The smallest absolute Gasteiger partial charge is 0.253 e. The molecule has 128 valence electrons. The van der Waals surface area contributed by atoms with E-state index in [-0.39, 0.29) is 12.7 Å². The van der Waals surface area contributed by atoms with Crippen molar-refractivity contribution in [2.45, 2.75) is 19.9 Å². The number of fused-ring (bicyclic) bond motifs is 2. The summed E-state index contributed by atoms with van der Waals surface area (Å²) in [6.07, 6.45) is 2.68. The van der Waals surface area contributed by atoms with Gasteiger partial charge in [-0.15, -0.1) is 0 Å². The molecule has 2 heterocycles. The Morgan fingerprint density at radius 1 is 1.16 bits per heavy atom. The second-order valence-corrected chi connectivity index (χ2v) is 6.04. The van der Waals surface area contributed by atoms with Crippen LogP contribution in [0.2, 0.25) is 0 Å². The molecule has 5 heteroatoms. The Hall–Kier alpha value is -2.95. The average molecular weight is 336 g/mol. The second-order valence-electron chi connectivity index (χ2n) is 6.04. The summed E-state index contributed by atoms with van der Waals surface area (Å²) in [6.45, 7) is 3.76. The topological polar surface area (TPSA) is 52.5 Å². The summed E-state index contributed by atoms with van der Waals surface area (Å²) >= 11 is 0. The number of hydrogen-bond donors (Lipinski definition) is 1. The van der Waals surface area contributed by atoms with Gasteiger partial charge in [-0.25, -0.2) is 0 Å². The Bertz CT molecular complexity index is 930. The summed E-state index contributed by atoms with van der Waals surface area (Å²) < 4.78 is 12.8. The zero-order valence-electron chi connectivity index (χ0n) is 14.1. The molecular formula is C20H20N2O3. The summed E-state index contributed by atoms with van der Waals surface area (Å²) in [5.74, 6) is 1.51. The number of benzene rings is 2. The minimum atomic E-state index is -0.0378. The lowest BCUT2D eigenvalue weighted by molar-refractivity contribution is 0.0955. The van der Waals surface area contributed by atoms with E-state index in [1.165, 1.54) is 0 Å². The third-order valence-corrected chi connectivity index (χ3v) is 4.51. The molecule has 1 aliphatic heterocycles. The Morgan fingerprint density at radius 2 is 2.00 bits per heavy atom. The molecule has 0 atom stereocenters. The molecular weight excluding hydrogens is 316 g/mol. The van der Waals surface area contributed by atoms with E-state index in [1.807, 2.05) is 48.7 Å². The number of hydrogen-bond acceptors (Lipinski definition) is 3. The Morgan fingerprint density at radius 3 is 2.88 bits per heavy atom. The monoisotopic (exact) mass is 336 g/mol. The minimum absolute atomic E-state index is 0.0378. The third kappa shape index (κ3) is 2.93. The van der Waals surface area contributed by atoms with Gasteiger partial charge in [-0.1, -0.05) is 24.3 Å². The van der Waals surface area contributed by atoms with Gasteiger partial charge < -0.3 is 19.4 Å². The van der Waals surface area contributed by atoms with Crippen LogP contribution in [-0.4, -0.2) is 23.8 Å². The summed E-state index contributed by atoms with van der Waals surface area (Å²) in [7, 11) is 0. The standard InChI is InChI=1S/C20H20N2O3/c1-2-22-12-16(15-5-3-4-6-17(15)22)20(23)21-10-9-14-7-8-18-19(11-14)25-13-24-18/h3-8,11-12H,2,9-10,13H2,1H3,(H,21,23). The zero-order valence-corrected chi connectivity index (χ0v) is 14.1. The number of carbonyl (C=O) groups is 1. The zero-order chi connectivity index (χ0) is 17.2. The lowest BCUT2D eigenvalue weighted by Gasteiger charge is -2.06. The van der Waals surface area contributed by atoms with E-state index in [1.54, 1.807) is 0 Å². The summed E-state index contributed by atoms with van der Waals surface area (Å²) in [4.78, 5) is 12.6. The van der Waals surface area contributed by atoms with Gasteiger partial charge in [0.05, 0.1) is 5.56 Å². The molecule has 0 unspecified atom stereocenters. The van der Waals surface area contributed by atoms with E-state index in [4.69, 9.17) is 9.47 Å². The molecule has 0 spiro atoms. The first-order valence-corrected chi connectivity index (χ1v) is 8.51. The first-order valence-electron chi connectivity index (χ1n) is 8.51. The summed E-state index contributed by atoms with van der Waals surface area (Å²) in [5, 5.41) is 4.01. The number of carbonyl (C=O) groups excluding carboxylic acids is 1. The molecule has 5 nitrogen and oxygen atoms in total. The van der Waals surface area contributed by atoms with Gasteiger partial charge in [0.25, 0.3) is 5.91 Å². The lowest BCUT2D eigenvalue weighted by Crippen LogP contribution is -2.25. The quantitative estimate of drug-likeness (QED) is 0.777. The molecule has 25 heavy (non-hydrogen) atoms. The maximum Gasteiger partial charge on any atom is 0.253 e. The maximum atomic E-state index is 12.6. The van der Waals surface area contributed by atoms with Crippen molar-refractivity contribution in [1.82, 2.24) is 9.88 Å². The molecule has 1 aliphatic rings. The number of nitrogens with zero attached hydrogens (tertiary/aromatic N) is 1. The van der Waals surface area contributed by atoms with Gasteiger partial charge in [0, 0.05) is 30.2 Å². The Labute approximate surface area is 146 Å². The first-order chi connectivity index (χ1) is 12.3. The number of ether oxygens (including phenoxy) is 2. The van der Waals surface area contributed by atoms with Crippen LogP contribution in [0.25, 0.3) is 10.9 Å². The van der Waals surface area contributed by atoms with Crippen molar-refractivity contribution in [3.05, 3.63) is 59.8 Å². The molecule has 4 rings (SSSR count). The normalized spacial score (nSPS) is 12.5. The molecule has 0 saturated heterocycles. The van der Waals surface area contributed by atoms with Crippen LogP contribution < -0.4 is 14.8 Å². The van der Waals surface area contributed by atoms with Crippen LogP contribution in [0.5, 0.6) is 11.5 Å². The minimum Gasteiger partial charge on any atom is -0.454 e. The van der Waals surface area contributed by atoms with Crippen molar-refractivity contribution < 1.29 is 14.3 Å². The van der Waals surface area contributed by atoms with Crippen LogP contribution in [-0.2, 0) is 13.0 Å². The SMILES string of the molecule is CCn1cc(C(=O)NCCc2ccc3c(c2)OCO3)c2ccccc21. The van der Waals surface area contributed by atoms with E-state index < -0.39 is 0 Å². The van der Waals surface area contributed by atoms with E-state index in [2.05, 4.69) is 16.8 Å². The predicted molar refractivity (Wildman–Crippen MR) is 96.2 cm³/mol. The molecule has 1 N–H and O–H groups in total. The van der Waals surface area contributed by atoms with Gasteiger partial charge in [0.1, 0.15) is 0 Å². The molecule has 2 aromatic carbocycles. The van der Waals surface area contributed by atoms with Gasteiger partial charge in [-0.3, -0.25) is 4.79 Å². The van der Waals surface area contributed by atoms with Crippen molar-refractivity contribution in [3.8, 4) is 11.5 Å². The molecule has 1 aromatic heterocycles. The number of amides is 1. The van der Waals surface area contributed by atoms with Crippen molar-refractivity contribution in [3.63, 3.8) is 0 Å². The van der Waals surface area contributed by atoms with Gasteiger partial charge in [0.15, 0.2) is 11.5 Å².